The summed E-state index contributed by atoms with van der Waals surface area (Å²) in [7, 11) is 0. The number of nitrogens with one attached hydrogen (secondary N) is 1. The van der Waals surface area contributed by atoms with Crippen LogP contribution in [0.2, 0.25) is 5.02 Å². The first-order valence-corrected chi connectivity index (χ1v) is 7.03. The van der Waals surface area contributed by atoms with Crippen LogP contribution in [-0.2, 0) is 6.42 Å². The van der Waals surface area contributed by atoms with Gasteiger partial charge in [0.25, 0.3) is 0 Å². The molecule has 1 heterocycles. The minimum Gasteiger partial charge on any atom is -0.317 e. The second-order valence-electron chi connectivity index (χ2n) is 5.40. The van der Waals surface area contributed by atoms with Gasteiger partial charge in [0.15, 0.2) is 0 Å². The van der Waals surface area contributed by atoms with Gasteiger partial charge in [-0.05, 0) is 67.4 Å². The predicted molar refractivity (Wildman–Crippen MR) is 74.8 cm³/mol. The van der Waals surface area contributed by atoms with Crippen molar-refractivity contribution in [3.63, 3.8) is 0 Å². The Labute approximate surface area is 110 Å². The first-order valence-electron chi connectivity index (χ1n) is 6.66. The van der Waals surface area contributed by atoms with Gasteiger partial charge in [-0.1, -0.05) is 31.5 Å². The standard InChI is InChI=1S/C15H22ClN/c1-11(2)15-4-3-14(16)10-13(15)9-12-5-7-17-8-6-12/h3-4,10-12,17H,5-9H2,1-2H3. The van der Waals surface area contributed by atoms with Crippen molar-refractivity contribution in [2.24, 2.45) is 5.92 Å². The molecule has 1 N–H and O–H groups in total. The van der Waals surface area contributed by atoms with E-state index in [1.165, 1.54) is 43.5 Å². The minimum atomic E-state index is 0.587. The Morgan fingerprint density at radius 2 is 2.00 bits per heavy atom. The van der Waals surface area contributed by atoms with E-state index in [9.17, 15) is 0 Å². The topological polar surface area (TPSA) is 12.0 Å². The van der Waals surface area contributed by atoms with Crippen molar-refractivity contribution in [1.82, 2.24) is 5.32 Å². The molecule has 0 bridgehead atoms. The van der Waals surface area contributed by atoms with Gasteiger partial charge in [-0.2, -0.15) is 0 Å². The Morgan fingerprint density at radius 3 is 2.65 bits per heavy atom. The van der Waals surface area contributed by atoms with E-state index in [0.717, 1.165) is 10.9 Å². The van der Waals surface area contributed by atoms with Gasteiger partial charge in [0, 0.05) is 5.02 Å². The Kier molecular flexibility index (Phi) is 4.47. The van der Waals surface area contributed by atoms with Crippen LogP contribution in [0.1, 0.15) is 43.7 Å². The third-order valence-corrected chi connectivity index (χ3v) is 3.93. The van der Waals surface area contributed by atoms with Crippen LogP contribution in [0.15, 0.2) is 18.2 Å². The third kappa shape index (κ3) is 3.46. The highest BCUT2D eigenvalue weighted by Gasteiger charge is 2.16. The Morgan fingerprint density at radius 1 is 1.29 bits per heavy atom. The van der Waals surface area contributed by atoms with Crippen molar-refractivity contribution in [2.75, 3.05) is 13.1 Å². The van der Waals surface area contributed by atoms with Gasteiger partial charge in [-0.15, -0.1) is 0 Å². The molecular weight excluding hydrogens is 230 g/mol. The number of hydrogen-bond donors (Lipinski definition) is 1. The van der Waals surface area contributed by atoms with E-state index < -0.39 is 0 Å². The molecule has 0 aliphatic carbocycles. The summed E-state index contributed by atoms with van der Waals surface area (Å²) in [5, 5.41) is 4.30. The fourth-order valence-corrected chi connectivity index (χ4v) is 2.91. The van der Waals surface area contributed by atoms with Gasteiger partial charge < -0.3 is 5.32 Å². The fourth-order valence-electron chi connectivity index (χ4n) is 2.71. The Bertz CT molecular complexity index is 367. The SMILES string of the molecule is CC(C)c1ccc(Cl)cc1CC1CCNCC1. The van der Waals surface area contributed by atoms with Gasteiger partial charge in [0.2, 0.25) is 0 Å². The second-order valence-corrected chi connectivity index (χ2v) is 5.83. The van der Waals surface area contributed by atoms with Crippen molar-refractivity contribution in [3.05, 3.63) is 34.3 Å². The highest BCUT2D eigenvalue weighted by molar-refractivity contribution is 6.30. The highest BCUT2D eigenvalue weighted by Crippen LogP contribution is 2.27. The van der Waals surface area contributed by atoms with Crippen LogP contribution in [0.4, 0.5) is 0 Å². The molecule has 1 fully saturated rings. The molecule has 2 heteroatoms. The predicted octanol–water partition coefficient (Wildman–Crippen LogP) is 4.01. The molecule has 1 saturated heterocycles. The first-order chi connectivity index (χ1) is 8.16. The molecule has 1 nitrogen and oxygen atoms in total. The summed E-state index contributed by atoms with van der Waals surface area (Å²) >= 11 is 6.13. The van der Waals surface area contributed by atoms with Gasteiger partial charge in [-0.25, -0.2) is 0 Å². The molecule has 0 unspecified atom stereocenters. The summed E-state index contributed by atoms with van der Waals surface area (Å²) in [5.41, 5.74) is 2.92. The van der Waals surface area contributed by atoms with E-state index in [0.29, 0.717) is 5.92 Å². The molecule has 0 saturated carbocycles. The molecular formula is C15H22ClN. The Hall–Kier alpha value is -0.530. The van der Waals surface area contributed by atoms with Crippen molar-refractivity contribution in [3.8, 4) is 0 Å². The maximum absolute atomic E-state index is 6.13. The van der Waals surface area contributed by atoms with Crippen molar-refractivity contribution in [2.45, 2.75) is 39.0 Å². The largest absolute Gasteiger partial charge is 0.317 e. The molecule has 1 aliphatic heterocycles. The van der Waals surface area contributed by atoms with Gasteiger partial charge in [0.1, 0.15) is 0 Å². The maximum Gasteiger partial charge on any atom is 0.0408 e. The van der Waals surface area contributed by atoms with Crippen LogP contribution < -0.4 is 5.32 Å². The lowest BCUT2D eigenvalue weighted by molar-refractivity contribution is 0.371. The summed E-state index contributed by atoms with van der Waals surface area (Å²) in [5.74, 6) is 1.41. The van der Waals surface area contributed by atoms with E-state index >= 15 is 0 Å². The summed E-state index contributed by atoms with van der Waals surface area (Å²) in [4.78, 5) is 0. The third-order valence-electron chi connectivity index (χ3n) is 3.69. The van der Waals surface area contributed by atoms with Crippen molar-refractivity contribution in [1.29, 1.82) is 0 Å². The van der Waals surface area contributed by atoms with E-state index in [1.54, 1.807) is 0 Å². The normalized spacial score (nSPS) is 17.6. The van der Waals surface area contributed by atoms with Crippen molar-refractivity contribution >= 4 is 11.6 Å². The average Bonchev–Trinajstić information content (AvgIpc) is 2.30. The first kappa shape index (κ1) is 12.9. The summed E-state index contributed by atoms with van der Waals surface area (Å²) in [6, 6.07) is 6.38. The van der Waals surface area contributed by atoms with E-state index in [1.807, 2.05) is 6.07 Å². The fraction of sp³-hybridized carbons (Fsp3) is 0.600. The zero-order valence-corrected chi connectivity index (χ0v) is 11.6. The average molecular weight is 252 g/mol. The minimum absolute atomic E-state index is 0.587. The lowest BCUT2D eigenvalue weighted by Gasteiger charge is -2.24. The molecule has 1 aliphatic rings. The lowest BCUT2D eigenvalue weighted by Crippen LogP contribution is -2.28. The number of rotatable bonds is 3. The van der Waals surface area contributed by atoms with Crippen molar-refractivity contribution < 1.29 is 0 Å². The second kappa shape index (κ2) is 5.88. The van der Waals surface area contributed by atoms with Crippen LogP contribution in [0.5, 0.6) is 0 Å². The molecule has 94 valence electrons. The van der Waals surface area contributed by atoms with Crippen LogP contribution in [0.25, 0.3) is 0 Å². The summed E-state index contributed by atoms with van der Waals surface area (Å²) in [6.07, 6.45) is 3.78. The van der Waals surface area contributed by atoms with E-state index in [2.05, 4.69) is 31.3 Å². The smallest absolute Gasteiger partial charge is 0.0408 e. The van der Waals surface area contributed by atoms with E-state index in [4.69, 9.17) is 11.6 Å². The zero-order valence-electron chi connectivity index (χ0n) is 10.8. The molecule has 0 amide bonds. The number of benzene rings is 1. The molecule has 0 aromatic heterocycles. The lowest BCUT2D eigenvalue weighted by atomic mass is 9.86. The zero-order chi connectivity index (χ0) is 12.3. The number of halogens is 1. The molecule has 17 heavy (non-hydrogen) atoms. The van der Waals surface area contributed by atoms with Crippen LogP contribution in [0.3, 0.4) is 0 Å². The Balaban J connectivity index is 2.14. The monoisotopic (exact) mass is 251 g/mol. The molecule has 0 radical (unpaired) electrons. The van der Waals surface area contributed by atoms with Gasteiger partial charge in [0.05, 0.1) is 0 Å². The van der Waals surface area contributed by atoms with Crippen LogP contribution in [0, 0.1) is 5.92 Å². The summed E-state index contributed by atoms with van der Waals surface area (Å²) < 4.78 is 0. The molecule has 0 atom stereocenters. The molecule has 0 spiro atoms. The van der Waals surface area contributed by atoms with E-state index in [-0.39, 0.29) is 0 Å². The number of hydrogen-bond acceptors (Lipinski definition) is 1. The van der Waals surface area contributed by atoms with Crippen LogP contribution >= 0.6 is 11.6 Å². The molecule has 1 aromatic rings. The quantitative estimate of drug-likeness (QED) is 0.856. The molecule has 2 rings (SSSR count). The summed E-state index contributed by atoms with van der Waals surface area (Å²) in [6.45, 7) is 6.86. The van der Waals surface area contributed by atoms with Gasteiger partial charge >= 0.3 is 0 Å². The maximum atomic E-state index is 6.13. The van der Waals surface area contributed by atoms with Crippen LogP contribution in [-0.4, -0.2) is 13.1 Å². The number of piperidine rings is 1. The highest BCUT2D eigenvalue weighted by atomic mass is 35.5. The molecule has 1 aromatic carbocycles. The van der Waals surface area contributed by atoms with Gasteiger partial charge in [-0.3, -0.25) is 0 Å².